The molecule has 0 atom stereocenters. The maximum absolute atomic E-state index is 4.80. The molecule has 4 rings (SSSR count). The number of piperazine rings is 1. The molecule has 0 unspecified atom stereocenters. The van der Waals surface area contributed by atoms with Crippen molar-refractivity contribution in [3.8, 4) is 0 Å². The third kappa shape index (κ3) is 3.11. The molecule has 0 radical (unpaired) electrons. The Morgan fingerprint density at radius 3 is 2.35 bits per heavy atom. The zero-order chi connectivity index (χ0) is 15.8. The van der Waals surface area contributed by atoms with Gasteiger partial charge in [0.25, 0.3) is 0 Å². The Morgan fingerprint density at radius 1 is 0.913 bits per heavy atom. The number of hydrogen-bond donors (Lipinski definition) is 0. The summed E-state index contributed by atoms with van der Waals surface area (Å²) in [6.45, 7) is 7.80. The predicted molar refractivity (Wildman–Crippen MR) is 89.9 cm³/mol. The van der Waals surface area contributed by atoms with E-state index in [1.807, 2.05) is 19.2 Å². The highest BCUT2D eigenvalue weighted by atomic mass is 15.3. The minimum absolute atomic E-state index is 0.593. The molecule has 0 spiro atoms. The van der Waals surface area contributed by atoms with Gasteiger partial charge >= 0.3 is 0 Å². The van der Waals surface area contributed by atoms with Crippen LogP contribution in [0.2, 0.25) is 0 Å². The van der Waals surface area contributed by atoms with Gasteiger partial charge in [-0.15, -0.1) is 0 Å². The van der Waals surface area contributed by atoms with Crippen molar-refractivity contribution in [3.05, 3.63) is 35.5 Å². The summed E-state index contributed by atoms with van der Waals surface area (Å²) in [5.41, 5.74) is 2.08. The lowest BCUT2D eigenvalue weighted by Crippen LogP contribution is -2.47. The molecule has 0 aromatic carbocycles. The van der Waals surface area contributed by atoms with Gasteiger partial charge in [0.1, 0.15) is 11.6 Å². The number of rotatable bonds is 3. The van der Waals surface area contributed by atoms with E-state index in [4.69, 9.17) is 4.98 Å². The van der Waals surface area contributed by atoms with Crippen LogP contribution in [0.3, 0.4) is 0 Å². The lowest BCUT2D eigenvalue weighted by Gasteiger charge is -2.35. The molecule has 2 aromatic rings. The van der Waals surface area contributed by atoms with Crippen molar-refractivity contribution >= 4 is 11.8 Å². The van der Waals surface area contributed by atoms with E-state index in [1.54, 1.807) is 0 Å². The van der Waals surface area contributed by atoms with Gasteiger partial charge in [-0.05, 0) is 32.8 Å². The summed E-state index contributed by atoms with van der Waals surface area (Å²) in [6.07, 6.45) is 4.31. The highest BCUT2D eigenvalue weighted by Crippen LogP contribution is 2.38. The number of anilines is 2. The van der Waals surface area contributed by atoms with Crippen LogP contribution in [0.15, 0.2) is 18.3 Å². The van der Waals surface area contributed by atoms with Gasteiger partial charge in [-0.2, -0.15) is 0 Å². The molecule has 1 saturated carbocycles. The van der Waals surface area contributed by atoms with E-state index in [9.17, 15) is 0 Å². The number of aromatic nitrogens is 4. The summed E-state index contributed by atoms with van der Waals surface area (Å²) < 4.78 is 0. The molecule has 23 heavy (non-hydrogen) atoms. The van der Waals surface area contributed by atoms with Crippen LogP contribution >= 0.6 is 0 Å². The maximum Gasteiger partial charge on any atom is 0.225 e. The molecule has 0 N–H and O–H groups in total. The first-order valence-electron chi connectivity index (χ1n) is 8.34. The number of hydrogen-bond acceptors (Lipinski definition) is 6. The summed E-state index contributed by atoms with van der Waals surface area (Å²) in [5, 5.41) is 0. The van der Waals surface area contributed by atoms with Gasteiger partial charge in [0.05, 0.1) is 0 Å². The molecule has 1 saturated heterocycles. The van der Waals surface area contributed by atoms with E-state index in [-0.39, 0.29) is 0 Å². The Kier molecular flexibility index (Phi) is 3.59. The first-order valence-corrected chi connectivity index (χ1v) is 8.34. The zero-order valence-corrected chi connectivity index (χ0v) is 13.7. The van der Waals surface area contributed by atoms with Crippen molar-refractivity contribution in [3.63, 3.8) is 0 Å². The molecule has 6 heteroatoms. The van der Waals surface area contributed by atoms with Gasteiger partial charge in [-0.3, -0.25) is 0 Å². The number of aryl methyl sites for hydroxylation is 2. The van der Waals surface area contributed by atoms with E-state index in [0.717, 1.165) is 55.2 Å². The summed E-state index contributed by atoms with van der Waals surface area (Å²) in [4.78, 5) is 22.9. The van der Waals surface area contributed by atoms with Gasteiger partial charge in [0.15, 0.2) is 0 Å². The fourth-order valence-electron chi connectivity index (χ4n) is 2.98. The first-order chi connectivity index (χ1) is 11.2. The lowest BCUT2D eigenvalue weighted by molar-refractivity contribution is 0.631. The molecule has 6 nitrogen and oxygen atoms in total. The van der Waals surface area contributed by atoms with Crippen LogP contribution in [0.25, 0.3) is 0 Å². The second kappa shape index (κ2) is 5.76. The minimum Gasteiger partial charge on any atom is -0.353 e. The molecule has 120 valence electrons. The Hall–Kier alpha value is -2.24. The van der Waals surface area contributed by atoms with Crippen LogP contribution in [0, 0.1) is 13.8 Å². The van der Waals surface area contributed by atoms with Crippen molar-refractivity contribution in [2.24, 2.45) is 0 Å². The van der Waals surface area contributed by atoms with Crippen LogP contribution in [-0.2, 0) is 0 Å². The van der Waals surface area contributed by atoms with Gasteiger partial charge in [0, 0.05) is 55.7 Å². The van der Waals surface area contributed by atoms with Gasteiger partial charge in [-0.1, -0.05) is 0 Å². The van der Waals surface area contributed by atoms with E-state index in [1.165, 1.54) is 12.8 Å². The fourth-order valence-corrected chi connectivity index (χ4v) is 2.98. The van der Waals surface area contributed by atoms with Crippen LogP contribution < -0.4 is 9.80 Å². The average molecular weight is 310 g/mol. The lowest BCUT2D eigenvalue weighted by atomic mass is 10.3. The highest BCUT2D eigenvalue weighted by molar-refractivity contribution is 5.43. The smallest absolute Gasteiger partial charge is 0.225 e. The van der Waals surface area contributed by atoms with Crippen molar-refractivity contribution in [1.82, 2.24) is 19.9 Å². The fraction of sp³-hybridized carbons (Fsp3) is 0.529. The van der Waals surface area contributed by atoms with Crippen molar-refractivity contribution in [2.45, 2.75) is 32.6 Å². The summed E-state index contributed by atoms with van der Waals surface area (Å²) in [7, 11) is 0. The van der Waals surface area contributed by atoms with E-state index in [0.29, 0.717) is 5.92 Å². The van der Waals surface area contributed by atoms with Gasteiger partial charge < -0.3 is 9.80 Å². The zero-order valence-electron chi connectivity index (χ0n) is 13.7. The predicted octanol–water partition coefficient (Wildman–Crippen LogP) is 2.09. The molecule has 1 aliphatic carbocycles. The summed E-state index contributed by atoms with van der Waals surface area (Å²) in [6, 6.07) is 4.04. The SMILES string of the molecule is Cc1cc(N2CCN(c3nccc(C)n3)CC2)nc(C2CC2)n1. The number of nitrogens with zero attached hydrogens (tertiary/aromatic N) is 6. The molecular formula is C17H22N6. The molecule has 3 heterocycles. The van der Waals surface area contributed by atoms with Crippen LogP contribution in [-0.4, -0.2) is 46.1 Å². The van der Waals surface area contributed by atoms with Gasteiger partial charge in [0.2, 0.25) is 5.95 Å². The molecule has 1 aliphatic heterocycles. The van der Waals surface area contributed by atoms with E-state index >= 15 is 0 Å². The second-order valence-electron chi connectivity index (χ2n) is 6.47. The van der Waals surface area contributed by atoms with Crippen LogP contribution in [0.1, 0.15) is 36.0 Å². The van der Waals surface area contributed by atoms with E-state index < -0.39 is 0 Å². The summed E-state index contributed by atoms with van der Waals surface area (Å²) >= 11 is 0. The molecule has 2 fully saturated rings. The van der Waals surface area contributed by atoms with Crippen molar-refractivity contribution in [2.75, 3.05) is 36.0 Å². The van der Waals surface area contributed by atoms with Gasteiger partial charge in [-0.25, -0.2) is 19.9 Å². The Bertz CT molecular complexity index is 704. The monoisotopic (exact) mass is 310 g/mol. The normalized spacial score (nSPS) is 18.3. The molecule has 0 bridgehead atoms. The Labute approximate surface area is 136 Å². The largest absolute Gasteiger partial charge is 0.353 e. The third-order valence-electron chi connectivity index (χ3n) is 4.47. The van der Waals surface area contributed by atoms with Crippen LogP contribution in [0.4, 0.5) is 11.8 Å². The molecule has 2 aliphatic rings. The molecule has 2 aromatic heterocycles. The quantitative estimate of drug-likeness (QED) is 0.865. The maximum atomic E-state index is 4.80. The van der Waals surface area contributed by atoms with E-state index in [2.05, 4.69) is 37.7 Å². The average Bonchev–Trinajstić information content (AvgIpc) is 3.39. The Balaban J connectivity index is 1.47. The topological polar surface area (TPSA) is 58.0 Å². The Morgan fingerprint density at radius 2 is 1.65 bits per heavy atom. The highest BCUT2D eigenvalue weighted by Gasteiger charge is 2.28. The van der Waals surface area contributed by atoms with Crippen LogP contribution in [0.5, 0.6) is 0 Å². The van der Waals surface area contributed by atoms with Crippen molar-refractivity contribution < 1.29 is 0 Å². The molecule has 0 amide bonds. The summed E-state index contributed by atoms with van der Waals surface area (Å²) in [5.74, 6) is 3.53. The minimum atomic E-state index is 0.593. The van der Waals surface area contributed by atoms with Crippen molar-refractivity contribution in [1.29, 1.82) is 0 Å². The standard InChI is InChI=1S/C17H22N6/c1-12-5-6-18-17(20-12)23-9-7-22(8-10-23)15-11-13(2)19-16(21-15)14-3-4-14/h5-6,11,14H,3-4,7-10H2,1-2H3. The second-order valence-corrected chi connectivity index (χ2v) is 6.47. The molecular weight excluding hydrogens is 288 g/mol. The third-order valence-corrected chi connectivity index (χ3v) is 4.47. The first kappa shape index (κ1) is 14.4.